The van der Waals surface area contributed by atoms with Crippen LogP contribution in [0.5, 0.6) is 0 Å². The zero-order valence-electron chi connectivity index (χ0n) is 11.7. The van der Waals surface area contributed by atoms with E-state index in [1.165, 1.54) is 6.42 Å². The number of amides is 1. The number of hydrogen-bond donors (Lipinski definition) is 1. The first-order chi connectivity index (χ1) is 8.40. The van der Waals surface area contributed by atoms with Gasteiger partial charge in [0.05, 0.1) is 0 Å². The van der Waals surface area contributed by atoms with E-state index in [4.69, 9.17) is 9.84 Å². The predicted molar refractivity (Wildman–Crippen MR) is 69.2 cm³/mol. The monoisotopic (exact) mass is 255 g/mol. The van der Waals surface area contributed by atoms with Crippen LogP contribution in [-0.2, 0) is 4.74 Å². The van der Waals surface area contributed by atoms with Gasteiger partial charge in [-0.05, 0) is 57.8 Å². The quantitative estimate of drug-likeness (QED) is 0.823. The van der Waals surface area contributed by atoms with Crippen molar-refractivity contribution in [2.75, 3.05) is 19.7 Å². The van der Waals surface area contributed by atoms with Crippen molar-refractivity contribution in [1.82, 2.24) is 4.90 Å². The smallest absolute Gasteiger partial charge is 0.410 e. The molecule has 4 heteroatoms. The number of carbonyl (C=O) groups is 1. The maximum atomic E-state index is 11.9. The predicted octanol–water partition coefficient (Wildman–Crippen LogP) is 2.26. The summed E-state index contributed by atoms with van der Waals surface area (Å²) in [5.74, 6) is 1.93. The van der Waals surface area contributed by atoms with Crippen LogP contribution < -0.4 is 0 Å². The van der Waals surface area contributed by atoms with Gasteiger partial charge < -0.3 is 14.7 Å². The van der Waals surface area contributed by atoms with Gasteiger partial charge in [-0.2, -0.15) is 0 Å². The van der Waals surface area contributed by atoms with Crippen LogP contribution in [-0.4, -0.2) is 41.4 Å². The van der Waals surface area contributed by atoms with Gasteiger partial charge in [0.1, 0.15) is 5.60 Å². The Bertz CT molecular complexity index is 303. The summed E-state index contributed by atoms with van der Waals surface area (Å²) in [5, 5.41) is 9.09. The number of likely N-dealkylation sites (tertiary alicyclic amines) is 1. The Morgan fingerprint density at radius 1 is 1.33 bits per heavy atom. The molecule has 1 aliphatic heterocycles. The minimum Gasteiger partial charge on any atom is -0.444 e. The molecule has 0 aromatic carbocycles. The van der Waals surface area contributed by atoms with Crippen LogP contribution in [0.15, 0.2) is 0 Å². The maximum Gasteiger partial charge on any atom is 0.410 e. The number of aliphatic hydroxyl groups is 1. The Morgan fingerprint density at radius 2 is 1.94 bits per heavy atom. The van der Waals surface area contributed by atoms with Gasteiger partial charge in [-0.1, -0.05) is 0 Å². The Labute approximate surface area is 109 Å². The summed E-state index contributed by atoms with van der Waals surface area (Å²) in [7, 11) is 0. The lowest BCUT2D eigenvalue weighted by Gasteiger charge is -2.33. The average Bonchev–Trinajstić information content (AvgIpc) is 3.06. The molecule has 1 amide bonds. The lowest BCUT2D eigenvalue weighted by Crippen LogP contribution is -2.42. The molecule has 2 unspecified atom stereocenters. The molecule has 2 atom stereocenters. The molecule has 0 aromatic rings. The highest BCUT2D eigenvalue weighted by Gasteiger charge is 2.43. The molecule has 2 rings (SSSR count). The summed E-state index contributed by atoms with van der Waals surface area (Å²) < 4.78 is 5.38. The topological polar surface area (TPSA) is 49.8 Å². The Kier molecular flexibility index (Phi) is 3.85. The molecule has 18 heavy (non-hydrogen) atoms. The fourth-order valence-electron chi connectivity index (χ4n) is 2.89. The van der Waals surface area contributed by atoms with Crippen LogP contribution in [0, 0.1) is 17.8 Å². The molecule has 2 aliphatic rings. The van der Waals surface area contributed by atoms with Gasteiger partial charge in [-0.25, -0.2) is 4.79 Å². The first kappa shape index (κ1) is 13.7. The molecule has 0 aromatic heterocycles. The molecule has 1 saturated carbocycles. The summed E-state index contributed by atoms with van der Waals surface area (Å²) in [6.07, 6.45) is 3.10. The highest BCUT2D eigenvalue weighted by Crippen LogP contribution is 2.47. The molecule has 1 N–H and O–H groups in total. The van der Waals surface area contributed by atoms with Crippen LogP contribution in [0.4, 0.5) is 4.79 Å². The third-order valence-electron chi connectivity index (χ3n) is 4.01. The Morgan fingerprint density at radius 3 is 2.39 bits per heavy atom. The van der Waals surface area contributed by atoms with Crippen LogP contribution in [0.2, 0.25) is 0 Å². The second kappa shape index (κ2) is 5.08. The van der Waals surface area contributed by atoms with Crippen molar-refractivity contribution in [3.63, 3.8) is 0 Å². The minimum absolute atomic E-state index is 0.185. The summed E-state index contributed by atoms with van der Waals surface area (Å²) in [5.41, 5.74) is -0.410. The van der Waals surface area contributed by atoms with Crippen molar-refractivity contribution in [3.05, 3.63) is 0 Å². The molecular weight excluding hydrogens is 230 g/mol. The number of ether oxygens (including phenoxy) is 1. The average molecular weight is 255 g/mol. The van der Waals surface area contributed by atoms with Crippen molar-refractivity contribution in [2.45, 2.75) is 45.6 Å². The first-order valence-corrected chi connectivity index (χ1v) is 6.99. The minimum atomic E-state index is -0.410. The van der Waals surface area contributed by atoms with E-state index in [0.717, 1.165) is 25.9 Å². The molecule has 2 fully saturated rings. The summed E-state index contributed by atoms with van der Waals surface area (Å²) >= 11 is 0. The number of rotatable bonds is 2. The van der Waals surface area contributed by atoms with E-state index in [0.29, 0.717) is 24.4 Å². The normalized spacial score (nSPS) is 29.2. The van der Waals surface area contributed by atoms with Crippen LogP contribution in [0.25, 0.3) is 0 Å². The molecule has 104 valence electrons. The van der Waals surface area contributed by atoms with Gasteiger partial charge in [0, 0.05) is 19.7 Å². The fourth-order valence-corrected chi connectivity index (χ4v) is 2.89. The largest absolute Gasteiger partial charge is 0.444 e. The highest BCUT2D eigenvalue weighted by molar-refractivity contribution is 5.68. The second-order valence-electron chi connectivity index (χ2n) is 6.65. The molecule has 1 aliphatic carbocycles. The van der Waals surface area contributed by atoms with Crippen LogP contribution in [0.3, 0.4) is 0 Å². The van der Waals surface area contributed by atoms with E-state index >= 15 is 0 Å². The van der Waals surface area contributed by atoms with E-state index in [-0.39, 0.29) is 6.09 Å². The van der Waals surface area contributed by atoms with E-state index in [1.807, 2.05) is 25.7 Å². The second-order valence-corrected chi connectivity index (χ2v) is 6.65. The Hall–Kier alpha value is -0.770. The molecule has 0 spiro atoms. The number of nitrogens with zero attached hydrogens (tertiary/aromatic N) is 1. The summed E-state index contributed by atoms with van der Waals surface area (Å²) in [6, 6.07) is 0. The zero-order chi connectivity index (χ0) is 13.3. The first-order valence-electron chi connectivity index (χ1n) is 6.99. The van der Waals surface area contributed by atoms with Crippen LogP contribution in [0.1, 0.15) is 40.0 Å². The highest BCUT2D eigenvalue weighted by atomic mass is 16.6. The van der Waals surface area contributed by atoms with Gasteiger partial charge in [0.25, 0.3) is 0 Å². The molecule has 4 nitrogen and oxygen atoms in total. The van der Waals surface area contributed by atoms with Gasteiger partial charge >= 0.3 is 6.09 Å². The molecule has 1 saturated heterocycles. The van der Waals surface area contributed by atoms with Gasteiger partial charge in [-0.15, -0.1) is 0 Å². The Balaban J connectivity index is 1.75. The number of piperidine rings is 1. The lowest BCUT2D eigenvalue weighted by atomic mass is 9.91. The van der Waals surface area contributed by atoms with E-state index in [9.17, 15) is 4.79 Å². The number of hydrogen-bond acceptors (Lipinski definition) is 3. The lowest BCUT2D eigenvalue weighted by molar-refractivity contribution is 0.0172. The molecule has 0 radical (unpaired) electrons. The summed E-state index contributed by atoms with van der Waals surface area (Å²) in [6.45, 7) is 7.62. The van der Waals surface area contributed by atoms with Gasteiger partial charge in [0.2, 0.25) is 0 Å². The standard InChI is InChI=1S/C14H25NO3/c1-14(2,3)18-13(17)15-6-4-10(5-7-15)12-8-11(12)9-16/h10-12,16H,4-9H2,1-3H3. The van der Waals surface area contributed by atoms with E-state index < -0.39 is 5.60 Å². The maximum absolute atomic E-state index is 11.9. The van der Waals surface area contributed by atoms with Crippen LogP contribution >= 0.6 is 0 Å². The van der Waals surface area contributed by atoms with Crippen molar-refractivity contribution in [1.29, 1.82) is 0 Å². The van der Waals surface area contributed by atoms with Crippen molar-refractivity contribution in [2.24, 2.45) is 17.8 Å². The van der Waals surface area contributed by atoms with E-state index in [1.54, 1.807) is 0 Å². The van der Waals surface area contributed by atoms with E-state index in [2.05, 4.69) is 0 Å². The zero-order valence-corrected chi connectivity index (χ0v) is 11.7. The van der Waals surface area contributed by atoms with Crippen molar-refractivity contribution in [3.8, 4) is 0 Å². The number of aliphatic hydroxyl groups excluding tert-OH is 1. The van der Waals surface area contributed by atoms with Gasteiger partial charge in [-0.3, -0.25) is 0 Å². The van der Waals surface area contributed by atoms with Crippen molar-refractivity contribution >= 4 is 6.09 Å². The molecule has 0 bridgehead atoms. The fraction of sp³-hybridized carbons (Fsp3) is 0.929. The molecular formula is C14H25NO3. The molecule has 1 heterocycles. The van der Waals surface area contributed by atoms with Crippen molar-refractivity contribution < 1.29 is 14.6 Å². The number of carbonyl (C=O) groups excluding carboxylic acids is 1. The van der Waals surface area contributed by atoms with Gasteiger partial charge in [0.15, 0.2) is 0 Å². The summed E-state index contributed by atoms with van der Waals surface area (Å²) in [4.78, 5) is 13.7. The third kappa shape index (κ3) is 3.37. The SMILES string of the molecule is CC(C)(C)OC(=O)N1CCC(C2CC2CO)CC1. The third-order valence-corrected chi connectivity index (χ3v) is 4.01.